The molecule has 0 spiro atoms. The molecule has 3 rings (SSSR count). The van der Waals surface area contributed by atoms with E-state index in [1.54, 1.807) is 6.33 Å². The van der Waals surface area contributed by atoms with E-state index < -0.39 is 0 Å². The first-order valence-electron chi connectivity index (χ1n) is 6.48. The molecular weight excluding hydrogens is 236 g/mol. The molecule has 19 heavy (non-hydrogen) atoms. The fourth-order valence-electron chi connectivity index (χ4n) is 2.17. The molecule has 0 N–H and O–H groups in total. The molecule has 0 bridgehead atoms. The standard InChI is InChI=1S/C15H16N4/c1-11(2)9-19-10-16-18-15(19)14-8-7-12-5-3-4-6-13(12)17-14/h3-8,10-11H,9H2,1-2H3. The number of hydrogen-bond donors (Lipinski definition) is 0. The van der Waals surface area contributed by atoms with Crippen molar-refractivity contribution in [3.8, 4) is 11.5 Å². The van der Waals surface area contributed by atoms with Crippen molar-refractivity contribution >= 4 is 10.9 Å². The summed E-state index contributed by atoms with van der Waals surface area (Å²) in [7, 11) is 0. The van der Waals surface area contributed by atoms with E-state index in [2.05, 4.69) is 45.7 Å². The molecule has 2 heterocycles. The molecule has 0 saturated carbocycles. The van der Waals surface area contributed by atoms with Gasteiger partial charge in [0.15, 0.2) is 5.82 Å². The molecule has 0 unspecified atom stereocenters. The molecule has 0 aliphatic heterocycles. The molecule has 0 amide bonds. The van der Waals surface area contributed by atoms with E-state index >= 15 is 0 Å². The largest absolute Gasteiger partial charge is 0.312 e. The van der Waals surface area contributed by atoms with Crippen LogP contribution in [-0.2, 0) is 6.54 Å². The van der Waals surface area contributed by atoms with Gasteiger partial charge in [-0.3, -0.25) is 0 Å². The van der Waals surface area contributed by atoms with E-state index in [4.69, 9.17) is 0 Å². The minimum Gasteiger partial charge on any atom is -0.312 e. The number of nitrogens with zero attached hydrogens (tertiary/aromatic N) is 4. The second-order valence-corrected chi connectivity index (χ2v) is 5.09. The van der Waals surface area contributed by atoms with Crippen LogP contribution in [0.15, 0.2) is 42.7 Å². The maximum atomic E-state index is 4.66. The highest BCUT2D eigenvalue weighted by Gasteiger charge is 2.10. The van der Waals surface area contributed by atoms with Crippen molar-refractivity contribution in [2.75, 3.05) is 0 Å². The zero-order valence-corrected chi connectivity index (χ0v) is 11.1. The number of rotatable bonds is 3. The first-order chi connectivity index (χ1) is 9.24. The molecule has 4 nitrogen and oxygen atoms in total. The number of pyridine rings is 1. The topological polar surface area (TPSA) is 43.6 Å². The third kappa shape index (κ3) is 2.34. The Bertz CT molecular complexity index is 700. The summed E-state index contributed by atoms with van der Waals surface area (Å²) >= 11 is 0. The van der Waals surface area contributed by atoms with Crippen LogP contribution in [-0.4, -0.2) is 19.7 Å². The molecule has 1 aromatic carbocycles. The van der Waals surface area contributed by atoms with Crippen molar-refractivity contribution in [3.05, 3.63) is 42.7 Å². The van der Waals surface area contributed by atoms with E-state index in [9.17, 15) is 0 Å². The second kappa shape index (κ2) is 4.80. The molecule has 0 aliphatic rings. The monoisotopic (exact) mass is 252 g/mol. The Balaban J connectivity index is 2.06. The normalized spacial score (nSPS) is 11.3. The van der Waals surface area contributed by atoms with Gasteiger partial charge in [0.1, 0.15) is 12.0 Å². The van der Waals surface area contributed by atoms with Gasteiger partial charge >= 0.3 is 0 Å². The first kappa shape index (κ1) is 11.8. The minimum atomic E-state index is 0.551. The van der Waals surface area contributed by atoms with Gasteiger partial charge in [-0.25, -0.2) is 4.98 Å². The number of fused-ring (bicyclic) bond motifs is 1. The molecule has 96 valence electrons. The lowest BCUT2D eigenvalue weighted by molar-refractivity contribution is 0.525. The highest BCUT2D eigenvalue weighted by Crippen LogP contribution is 2.19. The second-order valence-electron chi connectivity index (χ2n) is 5.09. The lowest BCUT2D eigenvalue weighted by atomic mass is 10.2. The van der Waals surface area contributed by atoms with Gasteiger partial charge < -0.3 is 4.57 Å². The fraction of sp³-hybridized carbons (Fsp3) is 0.267. The average Bonchev–Trinajstić information content (AvgIpc) is 2.85. The number of hydrogen-bond acceptors (Lipinski definition) is 3. The van der Waals surface area contributed by atoms with E-state index in [1.807, 2.05) is 24.3 Å². The van der Waals surface area contributed by atoms with Crippen LogP contribution < -0.4 is 0 Å². The number of aromatic nitrogens is 4. The molecular formula is C15H16N4. The van der Waals surface area contributed by atoms with Crippen molar-refractivity contribution in [3.63, 3.8) is 0 Å². The van der Waals surface area contributed by atoms with Gasteiger partial charge in [-0.15, -0.1) is 10.2 Å². The number of benzene rings is 1. The van der Waals surface area contributed by atoms with Gasteiger partial charge in [0.05, 0.1) is 5.52 Å². The Morgan fingerprint density at radius 2 is 1.95 bits per heavy atom. The summed E-state index contributed by atoms with van der Waals surface area (Å²) in [6, 6.07) is 12.2. The average molecular weight is 252 g/mol. The van der Waals surface area contributed by atoms with Gasteiger partial charge in [-0.1, -0.05) is 38.1 Å². The quantitative estimate of drug-likeness (QED) is 0.719. The van der Waals surface area contributed by atoms with Crippen LogP contribution in [0, 0.1) is 5.92 Å². The van der Waals surface area contributed by atoms with Crippen molar-refractivity contribution in [2.24, 2.45) is 5.92 Å². The summed E-state index contributed by atoms with van der Waals surface area (Å²) in [6.07, 6.45) is 1.77. The van der Waals surface area contributed by atoms with E-state index in [0.29, 0.717) is 5.92 Å². The van der Waals surface area contributed by atoms with Crippen LogP contribution >= 0.6 is 0 Å². The lowest BCUT2D eigenvalue weighted by Crippen LogP contribution is -2.05. The van der Waals surface area contributed by atoms with Crippen LogP contribution in [0.3, 0.4) is 0 Å². The first-order valence-corrected chi connectivity index (χ1v) is 6.48. The van der Waals surface area contributed by atoms with Crippen LogP contribution in [0.1, 0.15) is 13.8 Å². The van der Waals surface area contributed by atoms with E-state index in [-0.39, 0.29) is 0 Å². The Labute approximate surface area is 112 Å². The molecule has 3 aromatic rings. The Hall–Kier alpha value is -2.23. The maximum Gasteiger partial charge on any atom is 0.182 e. The van der Waals surface area contributed by atoms with Crippen molar-refractivity contribution in [1.82, 2.24) is 19.7 Å². The highest BCUT2D eigenvalue weighted by molar-refractivity contribution is 5.80. The Kier molecular flexibility index (Phi) is 2.99. The molecule has 0 saturated heterocycles. The summed E-state index contributed by atoms with van der Waals surface area (Å²) in [6.45, 7) is 5.26. The molecule has 2 aromatic heterocycles. The predicted octanol–water partition coefficient (Wildman–Crippen LogP) is 3.15. The molecule has 0 radical (unpaired) electrons. The predicted molar refractivity (Wildman–Crippen MR) is 75.6 cm³/mol. The van der Waals surface area contributed by atoms with Crippen LogP contribution in [0.2, 0.25) is 0 Å². The van der Waals surface area contributed by atoms with Crippen LogP contribution in [0.4, 0.5) is 0 Å². The maximum absolute atomic E-state index is 4.66. The third-order valence-electron chi connectivity index (χ3n) is 3.00. The van der Waals surface area contributed by atoms with E-state index in [1.165, 1.54) is 0 Å². The Morgan fingerprint density at radius 3 is 2.79 bits per heavy atom. The van der Waals surface area contributed by atoms with Gasteiger partial charge in [-0.05, 0) is 18.1 Å². The van der Waals surface area contributed by atoms with Gasteiger partial charge in [0.2, 0.25) is 0 Å². The molecule has 0 fully saturated rings. The summed E-state index contributed by atoms with van der Waals surface area (Å²) in [5.74, 6) is 1.38. The van der Waals surface area contributed by atoms with Crippen molar-refractivity contribution in [1.29, 1.82) is 0 Å². The van der Waals surface area contributed by atoms with Crippen LogP contribution in [0.5, 0.6) is 0 Å². The third-order valence-corrected chi connectivity index (χ3v) is 3.00. The fourth-order valence-corrected chi connectivity index (χ4v) is 2.17. The van der Waals surface area contributed by atoms with Crippen molar-refractivity contribution < 1.29 is 0 Å². The van der Waals surface area contributed by atoms with Crippen molar-refractivity contribution in [2.45, 2.75) is 20.4 Å². The summed E-state index contributed by atoms with van der Waals surface area (Å²) < 4.78 is 2.06. The summed E-state index contributed by atoms with van der Waals surface area (Å²) in [5.41, 5.74) is 1.86. The van der Waals surface area contributed by atoms with Gasteiger partial charge in [0.25, 0.3) is 0 Å². The van der Waals surface area contributed by atoms with Gasteiger partial charge in [-0.2, -0.15) is 0 Å². The summed E-state index contributed by atoms with van der Waals surface area (Å²) in [4.78, 5) is 4.66. The number of para-hydroxylation sites is 1. The summed E-state index contributed by atoms with van der Waals surface area (Å²) in [5, 5.41) is 9.34. The Morgan fingerprint density at radius 1 is 1.11 bits per heavy atom. The lowest BCUT2D eigenvalue weighted by Gasteiger charge is -2.09. The van der Waals surface area contributed by atoms with Crippen LogP contribution in [0.25, 0.3) is 22.4 Å². The zero-order chi connectivity index (χ0) is 13.2. The SMILES string of the molecule is CC(C)Cn1cnnc1-c1ccc2ccccc2n1. The molecule has 0 atom stereocenters. The molecule has 0 aliphatic carbocycles. The highest BCUT2D eigenvalue weighted by atomic mass is 15.3. The zero-order valence-electron chi connectivity index (χ0n) is 11.1. The smallest absolute Gasteiger partial charge is 0.182 e. The van der Waals surface area contributed by atoms with Gasteiger partial charge in [0, 0.05) is 11.9 Å². The molecule has 4 heteroatoms. The minimum absolute atomic E-state index is 0.551. The van der Waals surface area contributed by atoms with E-state index in [0.717, 1.165) is 29.0 Å².